The van der Waals surface area contributed by atoms with Crippen LogP contribution in [-0.2, 0) is 0 Å². The number of aryl methyl sites for hydroxylation is 1. The summed E-state index contributed by atoms with van der Waals surface area (Å²) < 4.78 is 13.5. The third-order valence-corrected chi connectivity index (χ3v) is 4.97. The van der Waals surface area contributed by atoms with E-state index in [1.54, 1.807) is 37.3 Å². The largest absolute Gasteiger partial charge is 0.397 e. The number of allylic oxidation sites excluding steroid dienone is 3. The van der Waals surface area contributed by atoms with Gasteiger partial charge in [-0.3, -0.25) is 4.79 Å². The van der Waals surface area contributed by atoms with Crippen LogP contribution in [0.3, 0.4) is 0 Å². The molecule has 3 rings (SSSR count). The molecule has 1 amide bonds. The highest BCUT2D eigenvalue weighted by atomic mass is 32.1. The van der Waals surface area contributed by atoms with Gasteiger partial charge in [-0.1, -0.05) is 39.2 Å². The minimum absolute atomic E-state index is 0.264. The number of anilines is 3. The van der Waals surface area contributed by atoms with Crippen molar-refractivity contribution in [3.8, 4) is 0 Å². The van der Waals surface area contributed by atoms with Crippen LogP contribution < -0.4 is 16.4 Å². The second-order valence-corrected chi connectivity index (χ2v) is 6.91. The molecule has 156 valence electrons. The second kappa shape index (κ2) is 10.3. The van der Waals surface area contributed by atoms with E-state index in [0.29, 0.717) is 37.9 Å². The molecule has 0 bridgehead atoms. The van der Waals surface area contributed by atoms with Gasteiger partial charge in [0.25, 0.3) is 5.91 Å². The molecule has 6 nitrogen and oxygen atoms in total. The fourth-order valence-corrected chi connectivity index (χ4v) is 3.46. The predicted molar refractivity (Wildman–Crippen MR) is 124 cm³/mol. The Balaban J connectivity index is 0.00000155. The number of rotatable bonds is 6. The third-order valence-electron chi connectivity index (χ3n) is 3.86. The summed E-state index contributed by atoms with van der Waals surface area (Å²) in [4.78, 5) is 21.9. The lowest BCUT2D eigenvalue weighted by Crippen LogP contribution is -2.21. The van der Waals surface area contributed by atoms with Crippen molar-refractivity contribution in [1.82, 2.24) is 15.3 Å². The van der Waals surface area contributed by atoms with Crippen molar-refractivity contribution >= 4 is 44.7 Å². The summed E-state index contributed by atoms with van der Waals surface area (Å²) in [5, 5.41) is 6.32. The van der Waals surface area contributed by atoms with Gasteiger partial charge in [-0.05, 0) is 36.8 Å². The third kappa shape index (κ3) is 5.09. The van der Waals surface area contributed by atoms with E-state index in [-0.39, 0.29) is 17.4 Å². The van der Waals surface area contributed by atoms with Crippen LogP contribution in [0.25, 0.3) is 10.2 Å². The second-order valence-electron chi connectivity index (χ2n) is 5.91. The lowest BCUT2D eigenvalue weighted by atomic mass is 10.2. The van der Waals surface area contributed by atoms with Gasteiger partial charge in [0.2, 0.25) is 0 Å². The molecule has 0 aliphatic carbocycles. The first-order valence-corrected chi connectivity index (χ1v) is 10.1. The zero-order chi connectivity index (χ0) is 22.3. The van der Waals surface area contributed by atoms with E-state index in [9.17, 15) is 9.18 Å². The van der Waals surface area contributed by atoms with Gasteiger partial charge in [0.05, 0.1) is 11.1 Å². The number of nitrogens with one attached hydrogen (secondary N) is 2. The number of carbonyl (C=O) groups excluding carboxylic acids is 1. The molecule has 2 heterocycles. The molecule has 0 aliphatic rings. The van der Waals surface area contributed by atoms with Crippen molar-refractivity contribution in [1.29, 1.82) is 0 Å². The van der Waals surface area contributed by atoms with E-state index in [1.165, 1.54) is 12.4 Å². The summed E-state index contributed by atoms with van der Waals surface area (Å²) in [5.74, 6) is -0.241. The molecule has 0 fully saturated rings. The summed E-state index contributed by atoms with van der Waals surface area (Å²) >= 11 is 1.15. The summed E-state index contributed by atoms with van der Waals surface area (Å²) in [7, 11) is 0. The normalized spacial score (nSPS) is 10.4. The molecule has 0 unspecified atom stereocenters. The molecule has 4 N–H and O–H groups in total. The Morgan fingerprint density at radius 3 is 2.70 bits per heavy atom. The number of carbonyl (C=O) groups is 1. The number of fused-ring (bicyclic) bond motifs is 1. The molecule has 30 heavy (non-hydrogen) atoms. The van der Waals surface area contributed by atoms with Gasteiger partial charge in [0.1, 0.15) is 27.7 Å². The zero-order valence-electron chi connectivity index (χ0n) is 17.1. The monoisotopic (exact) mass is 425 g/mol. The quantitative estimate of drug-likeness (QED) is 0.455. The number of nitrogens with zero attached hydrogens (tertiary/aromatic N) is 2. The molecule has 0 atom stereocenters. The maximum Gasteiger partial charge on any atom is 0.267 e. The van der Waals surface area contributed by atoms with Crippen LogP contribution in [0.1, 0.15) is 29.1 Å². The maximum absolute atomic E-state index is 13.5. The Labute approximate surface area is 179 Å². The number of thiophene rings is 1. The minimum atomic E-state index is -0.386. The van der Waals surface area contributed by atoms with Crippen LogP contribution in [0.5, 0.6) is 0 Å². The van der Waals surface area contributed by atoms with Gasteiger partial charge >= 0.3 is 0 Å². The Morgan fingerprint density at radius 1 is 1.30 bits per heavy atom. The van der Waals surface area contributed by atoms with Crippen molar-refractivity contribution in [3.05, 3.63) is 77.9 Å². The average molecular weight is 426 g/mol. The first-order chi connectivity index (χ1) is 14.4. The highest BCUT2D eigenvalue weighted by molar-refractivity contribution is 7.21. The molecule has 0 spiro atoms. The van der Waals surface area contributed by atoms with E-state index >= 15 is 0 Å². The van der Waals surface area contributed by atoms with E-state index in [4.69, 9.17) is 5.73 Å². The number of hydrogen-bond donors (Lipinski definition) is 3. The van der Waals surface area contributed by atoms with Crippen LogP contribution in [-0.4, -0.2) is 15.9 Å². The highest BCUT2D eigenvalue weighted by Crippen LogP contribution is 2.37. The van der Waals surface area contributed by atoms with E-state index in [0.717, 1.165) is 11.3 Å². The Bertz CT molecular complexity index is 1120. The van der Waals surface area contributed by atoms with Gasteiger partial charge in [-0.25, -0.2) is 14.4 Å². The van der Waals surface area contributed by atoms with Crippen LogP contribution in [0.2, 0.25) is 0 Å². The topological polar surface area (TPSA) is 92.9 Å². The molecule has 2 aromatic heterocycles. The van der Waals surface area contributed by atoms with Crippen LogP contribution in [0.4, 0.5) is 21.6 Å². The molecule has 8 heteroatoms. The first-order valence-electron chi connectivity index (χ1n) is 9.26. The standard InChI is InChI=1S/C20H18FN5OS.C2H6/c1-4-5-6-12(3)25-19(27)17-16(22)15-18(23-10-24-20(15)28-17)26-13-7-8-14(21)11(2)9-13;1-2/h4-10H,1,3,22H2,2H3,(H,25,27)(H,23,24,26);1-2H3/b6-5-;. The number of hydrogen-bond acceptors (Lipinski definition) is 6. The van der Waals surface area contributed by atoms with Crippen LogP contribution >= 0.6 is 11.3 Å². The van der Waals surface area contributed by atoms with Crippen LogP contribution in [0.15, 0.2) is 61.6 Å². The number of nitrogens with two attached hydrogens (primary N) is 1. The van der Waals surface area contributed by atoms with Gasteiger partial charge in [0.15, 0.2) is 0 Å². The first kappa shape index (κ1) is 22.8. The molecule has 3 aromatic rings. The smallest absolute Gasteiger partial charge is 0.267 e. The number of aromatic nitrogens is 2. The minimum Gasteiger partial charge on any atom is -0.397 e. The van der Waals surface area contributed by atoms with Crippen molar-refractivity contribution in [2.75, 3.05) is 11.1 Å². The Hall–Kier alpha value is -3.52. The maximum atomic E-state index is 13.5. The molecule has 0 saturated heterocycles. The molecule has 1 aromatic carbocycles. The molecule has 0 saturated carbocycles. The number of amides is 1. The Kier molecular flexibility index (Phi) is 7.83. The molecule has 0 radical (unpaired) electrons. The fourth-order valence-electron chi connectivity index (χ4n) is 2.51. The number of halogens is 1. The summed E-state index contributed by atoms with van der Waals surface area (Å²) in [6.45, 7) is 13.0. The number of nitrogen functional groups attached to an aromatic ring is 1. The van der Waals surface area contributed by atoms with Crippen molar-refractivity contribution < 1.29 is 9.18 Å². The van der Waals surface area contributed by atoms with E-state index < -0.39 is 0 Å². The highest BCUT2D eigenvalue weighted by Gasteiger charge is 2.20. The Morgan fingerprint density at radius 2 is 2.03 bits per heavy atom. The van der Waals surface area contributed by atoms with Gasteiger partial charge in [0, 0.05) is 11.4 Å². The SMILES string of the molecule is C=C/C=C\C(=C)NC(=O)c1sc2ncnc(Nc3ccc(F)c(C)c3)c2c1N.CC. The van der Waals surface area contributed by atoms with Crippen molar-refractivity contribution in [2.45, 2.75) is 20.8 Å². The van der Waals surface area contributed by atoms with Gasteiger partial charge in [-0.15, -0.1) is 11.3 Å². The fraction of sp³-hybridized carbons (Fsp3) is 0.136. The zero-order valence-corrected chi connectivity index (χ0v) is 17.9. The average Bonchev–Trinajstić information content (AvgIpc) is 3.08. The molecule has 0 aliphatic heterocycles. The molecular formula is C22H24FN5OS. The van der Waals surface area contributed by atoms with E-state index in [2.05, 4.69) is 33.8 Å². The lowest BCUT2D eigenvalue weighted by molar-refractivity contribution is 0.0972. The summed E-state index contributed by atoms with van der Waals surface area (Å²) in [6, 6.07) is 4.63. The number of benzene rings is 1. The van der Waals surface area contributed by atoms with E-state index in [1.807, 2.05) is 13.8 Å². The summed E-state index contributed by atoms with van der Waals surface area (Å²) in [6.07, 6.45) is 6.24. The predicted octanol–water partition coefficient (Wildman–Crippen LogP) is 5.48. The van der Waals surface area contributed by atoms with Gasteiger partial charge in [-0.2, -0.15) is 0 Å². The molecular weight excluding hydrogens is 401 g/mol. The van der Waals surface area contributed by atoms with Gasteiger partial charge < -0.3 is 16.4 Å². The van der Waals surface area contributed by atoms with Crippen LogP contribution in [0, 0.1) is 12.7 Å². The van der Waals surface area contributed by atoms with Crippen molar-refractivity contribution in [3.63, 3.8) is 0 Å². The lowest BCUT2D eigenvalue weighted by Gasteiger charge is -2.08. The summed E-state index contributed by atoms with van der Waals surface area (Å²) in [5.41, 5.74) is 8.06. The van der Waals surface area contributed by atoms with Crippen molar-refractivity contribution in [2.24, 2.45) is 0 Å².